The van der Waals surface area contributed by atoms with Crippen LogP contribution in [0.2, 0.25) is 0 Å². The third-order valence-corrected chi connectivity index (χ3v) is 8.69. The SMILES string of the molecule is CC(C)(C)c1cc(C(C)(C)C)c(NC(=O)c2c[nH]c3ccc(S(=O)(=O)N4CCCC4)cc3c2=O)cc1O. The summed E-state index contributed by atoms with van der Waals surface area (Å²) in [6, 6.07) is 7.77. The number of fused-ring (bicyclic) bond motifs is 1. The average Bonchev–Trinajstić information content (AvgIpc) is 3.33. The number of pyridine rings is 1. The zero-order chi connectivity index (χ0) is 27.3. The lowest BCUT2D eigenvalue weighted by molar-refractivity contribution is 0.102. The second-order valence-electron chi connectivity index (χ2n) is 11.7. The van der Waals surface area contributed by atoms with E-state index in [-0.39, 0.29) is 32.4 Å². The highest BCUT2D eigenvalue weighted by Gasteiger charge is 2.29. The van der Waals surface area contributed by atoms with Crippen LogP contribution in [0.3, 0.4) is 0 Å². The van der Waals surface area contributed by atoms with Crippen molar-refractivity contribution in [2.75, 3.05) is 18.4 Å². The van der Waals surface area contributed by atoms with Gasteiger partial charge in [0.25, 0.3) is 5.91 Å². The van der Waals surface area contributed by atoms with Crippen molar-refractivity contribution in [2.45, 2.75) is 70.1 Å². The van der Waals surface area contributed by atoms with Gasteiger partial charge in [0, 0.05) is 41.9 Å². The van der Waals surface area contributed by atoms with Crippen LogP contribution in [-0.2, 0) is 20.9 Å². The summed E-state index contributed by atoms with van der Waals surface area (Å²) in [4.78, 5) is 29.6. The normalized spacial score (nSPS) is 15.3. The van der Waals surface area contributed by atoms with Crippen LogP contribution in [0.4, 0.5) is 5.69 Å². The lowest BCUT2D eigenvalue weighted by Gasteiger charge is -2.28. The van der Waals surface area contributed by atoms with Crippen molar-refractivity contribution >= 4 is 32.5 Å². The van der Waals surface area contributed by atoms with Gasteiger partial charge < -0.3 is 15.4 Å². The number of phenolic OH excluding ortho intramolecular Hbond substituents is 1. The van der Waals surface area contributed by atoms with Gasteiger partial charge in [0.2, 0.25) is 15.5 Å². The van der Waals surface area contributed by atoms with E-state index in [2.05, 4.69) is 10.3 Å². The third-order valence-electron chi connectivity index (χ3n) is 6.80. The number of anilines is 1. The summed E-state index contributed by atoms with van der Waals surface area (Å²) < 4.78 is 27.5. The Morgan fingerprint density at radius 2 is 1.59 bits per heavy atom. The lowest BCUT2D eigenvalue weighted by Crippen LogP contribution is -2.28. The van der Waals surface area contributed by atoms with Gasteiger partial charge in [0.1, 0.15) is 11.3 Å². The molecular formula is C28H35N3O5S. The molecule has 37 heavy (non-hydrogen) atoms. The molecule has 1 fully saturated rings. The summed E-state index contributed by atoms with van der Waals surface area (Å²) >= 11 is 0. The highest BCUT2D eigenvalue weighted by Crippen LogP contribution is 2.39. The second kappa shape index (κ2) is 9.29. The van der Waals surface area contributed by atoms with Crippen molar-refractivity contribution in [2.24, 2.45) is 0 Å². The van der Waals surface area contributed by atoms with Gasteiger partial charge >= 0.3 is 0 Å². The molecule has 9 heteroatoms. The van der Waals surface area contributed by atoms with E-state index >= 15 is 0 Å². The Balaban J connectivity index is 1.75. The molecule has 0 atom stereocenters. The first-order chi connectivity index (χ1) is 17.1. The molecule has 4 rings (SSSR count). The molecule has 0 spiro atoms. The minimum absolute atomic E-state index is 0.0302. The maximum Gasteiger partial charge on any atom is 0.261 e. The van der Waals surface area contributed by atoms with Crippen LogP contribution in [0.25, 0.3) is 10.9 Å². The van der Waals surface area contributed by atoms with Crippen LogP contribution >= 0.6 is 0 Å². The number of hydrogen-bond donors (Lipinski definition) is 3. The smallest absolute Gasteiger partial charge is 0.261 e. The fourth-order valence-corrected chi connectivity index (χ4v) is 6.25. The largest absolute Gasteiger partial charge is 0.508 e. The molecule has 3 aromatic rings. The molecule has 0 radical (unpaired) electrons. The molecule has 0 saturated carbocycles. The van der Waals surface area contributed by atoms with Crippen molar-refractivity contribution in [1.82, 2.24) is 9.29 Å². The molecule has 2 heterocycles. The Kier molecular flexibility index (Phi) is 6.75. The van der Waals surface area contributed by atoms with Gasteiger partial charge in [-0.05, 0) is 59.1 Å². The number of amides is 1. The van der Waals surface area contributed by atoms with Gasteiger partial charge in [-0.3, -0.25) is 9.59 Å². The monoisotopic (exact) mass is 525 g/mol. The quantitative estimate of drug-likeness (QED) is 0.449. The van der Waals surface area contributed by atoms with Crippen molar-refractivity contribution in [3.05, 3.63) is 63.4 Å². The number of H-pyrrole nitrogens is 1. The van der Waals surface area contributed by atoms with Crippen LogP contribution in [0.15, 0.2) is 46.2 Å². The van der Waals surface area contributed by atoms with E-state index in [1.807, 2.05) is 47.6 Å². The Labute approximate surface area is 217 Å². The number of aromatic amines is 1. The summed E-state index contributed by atoms with van der Waals surface area (Å²) in [5, 5.41) is 13.6. The third kappa shape index (κ3) is 5.15. The van der Waals surface area contributed by atoms with Crippen LogP contribution in [0.1, 0.15) is 75.9 Å². The highest BCUT2D eigenvalue weighted by molar-refractivity contribution is 7.89. The van der Waals surface area contributed by atoms with E-state index in [1.54, 1.807) is 6.07 Å². The molecular weight excluding hydrogens is 490 g/mol. The number of carbonyl (C=O) groups excluding carboxylic acids is 1. The minimum atomic E-state index is -3.72. The molecule has 2 aromatic carbocycles. The average molecular weight is 526 g/mol. The predicted octanol–water partition coefficient (Wildman–Crippen LogP) is 4.87. The highest BCUT2D eigenvalue weighted by atomic mass is 32.2. The van der Waals surface area contributed by atoms with Crippen LogP contribution in [0, 0.1) is 0 Å². The van der Waals surface area contributed by atoms with Crippen molar-refractivity contribution < 1.29 is 18.3 Å². The number of nitrogens with one attached hydrogen (secondary N) is 2. The van der Waals surface area contributed by atoms with E-state index in [9.17, 15) is 23.1 Å². The zero-order valence-corrected chi connectivity index (χ0v) is 23.0. The van der Waals surface area contributed by atoms with Crippen molar-refractivity contribution in [3.8, 4) is 5.75 Å². The predicted molar refractivity (Wildman–Crippen MR) is 146 cm³/mol. The number of rotatable bonds is 4. The number of phenols is 1. The summed E-state index contributed by atoms with van der Waals surface area (Å²) in [5.41, 5.74) is 1.03. The summed E-state index contributed by atoms with van der Waals surface area (Å²) in [6.45, 7) is 12.9. The number of hydrogen-bond acceptors (Lipinski definition) is 5. The second-order valence-corrected chi connectivity index (χ2v) is 13.7. The maximum atomic E-state index is 13.4. The van der Waals surface area contributed by atoms with Crippen LogP contribution in [-0.4, -0.2) is 41.8 Å². The molecule has 1 aromatic heterocycles. The van der Waals surface area contributed by atoms with Gasteiger partial charge in [0.15, 0.2) is 0 Å². The van der Waals surface area contributed by atoms with Gasteiger partial charge in [-0.25, -0.2) is 8.42 Å². The Morgan fingerprint density at radius 1 is 0.973 bits per heavy atom. The number of aromatic hydroxyl groups is 1. The fourth-order valence-electron chi connectivity index (χ4n) is 4.71. The first-order valence-corrected chi connectivity index (χ1v) is 13.9. The molecule has 198 valence electrons. The number of benzene rings is 2. The number of aromatic nitrogens is 1. The van der Waals surface area contributed by atoms with E-state index in [1.165, 1.54) is 28.7 Å². The minimum Gasteiger partial charge on any atom is -0.508 e. The molecule has 1 aliphatic heterocycles. The van der Waals surface area contributed by atoms with Crippen molar-refractivity contribution in [3.63, 3.8) is 0 Å². The molecule has 8 nitrogen and oxygen atoms in total. The number of sulfonamides is 1. The van der Waals surface area contributed by atoms with Gasteiger partial charge in [-0.15, -0.1) is 0 Å². The maximum absolute atomic E-state index is 13.4. The topological polar surface area (TPSA) is 120 Å². The van der Waals surface area contributed by atoms with Crippen molar-refractivity contribution in [1.29, 1.82) is 0 Å². The summed E-state index contributed by atoms with van der Waals surface area (Å²) in [5.74, 6) is -0.593. The first-order valence-electron chi connectivity index (χ1n) is 12.5. The molecule has 0 aliphatic carbocycles. The Morgan fingerprint density at radius 3 is 2.19 bits per heavy atom. The van der Waals surface area contributed by atoms with E-state index in [4.69, 9.17) is 0 Å². The first kappa shape index (κ1) is 26.9. The van der Waals surface area contributed by atoms with Gasteiger partial charge in [-0.2, -0.15) is 4.31 Å². The fraction of sp³-hybridized carbons (Fsp3) is 0.429. The molecule has 0 bridgehead atoms. The van der Waals surface area contributed by atoms with E-state index in [0.29, 0.717) is 24.3 Å². The van der Waals surface area contributed by atoms with Crippen LogP contribution < -0.4 is 10.7 Å². The zero-order valence-electron chi connectivity index (χ0n) is 22.2. The standard InChI is InChI=1S/C28H35N3O5S/c1-27(2,3)20-14-21(28(4,5)6)24(32)15-23(20)30-26(34)19-16-29-22-10-9-17(13-18(22)25(19)33)37(35,36)31-11-7-8-12-31/h9-10,13-16,32H,7-8,11-12H2,1-6H3,(H,29,33)(H,30,34). The van der Waals surface area contributed by atoms with Gasteiger partial charge in [0.05, 0.1) is 4.90 Å². The number of nitrogens with zero attached hydrogens (tertiary/aromatic N) is 1. The molecule has 0 unspecified atom stereocenters. The Hall–Kier alpha value is -3.17. The Bertz CT molecular complexity index is 1540. The molecule has 1 amide bonds. The molecule has 1 saturated heterocycles. The summed E-state index contributed by atoms with van der Waals surface area (Å²) in [7, 11) is -3.72. The van der Waals surface area contributed by atoms with E-state index in [0.717, 1.165) is 24.0 Å². The molecule has 3 N–H and O–H groups in total. The van der Waals surface area contributed by atoms with E-state index < -0.39 is 21.4 Å². The molecule has 1 aliphatic rings. The van der Waals surface area contributed by atoms with Crippen LogP contribution in [0.5, 0.6) is 5.75 Å². The lowest BCUT2D eigenvalue weighted by atomic mass is 9.79. The number of carbonyl (C=O) groups is 1. The summed E-state index contributed by atoms with van der Waals surface area (Å²) in [6.07, 6.45) is 2.94. The van der Waals surface area contributed by atoms with Gasteiger partial charge in [-0.1, -0.05) is 41.5 Å².